The van der Waals surface area contributed by atoms with E-state index in [0.717, 1.165) is 5.92 Å². The fourth-order valence-corrected chi connectivity index (χ4v) is 0.650. The van der Waals surface area contributed by atoms with Crippen LogP contribution >= 0.6 is 0 Å². The molecule has 0 atom stereocenters. The average molecular weight is 122 g/mol. The zero-order valence-corrected chi connectivity index (χ0v) is 5.76. The highest BCUT2D eigenvalue weighted by Crippen LogP contribution is 2.29. The van der Waals surface area contributed by atoms with E-state index in [0.29, 0.717) is 7.28 Å². The molecule has 0 saturated heterocycles. The number of carbonyl (C=O) groups is 1. The minimum Gasteiger partial charge on any atom is -0.307 e. The number of carbonyl (C=O) groups excluding carboxylic acids is 1. The molecule has 1 aliphatic rings. The molecular formula is C7H11BO. The van der Waals surface area contributed by atoms with Crippen LogP contribution in [0.2, 0.25) is 6.82 Å². The van der Waals surface area contributed by atoms with Gasteiger partial charge in [-0.1, -0.05) is 12.9 Å². The highest BCUT2D eigenvalue weighted by atomic mass is 16.1. The second-order valence-corrected chi connectivity index (χ2v) is 2.52. The SMILES string of the molecule is CBC(=O)/C=C/C1CC1. The fourth-order valence-electron chi connectivity index (χ4n) is 0.650. The number of hydrogen-bond donors (Lipinski definition) is 0. The second kappa shape index (κ2) is 2.86. The van der Waals surface area contributed by atoms with Gasteiger partial charge < -0.3 is 4.79 Å². The van der Waals surface area contributed by atoms with Crippen molar-refractivity contribution in [2.75, 3.05) is 0 Å². The molecule has 1 rings (SSSR count). The summed E-state index contributed by atoms with van der Waals surface area (Å²) in [7, 11) is 0.642. The Labute approximate surface area is 56.4 Å². The van der Waals surface area contributed by atoms with Crippen molar-refractivity contribution < 1.29 is 4.79 Å². The Hall–Kier alpha value is -0.525. The minimum absolute atomic E-state index is 0.252. The number of hydrogen-bond acceptors (Lipinski definition) is 1. The molecule has 0 N–H and O–H groups in total. The van der Waals surface area contributed by atoms with Gasteiger partial charge in [0, 0.05) is 0 Å². The van der Waals surface area contributed by atoms with E-state index in [1.165, 1.54) is 12.8 Å². The average Bonchev–Trinajstić information content (AvgIpc) is 2.65. The first-order valence-corrected chi connectivity index (χ1v) is 3.54. The first-order chi connectivity index (χ1) is 4.33. The molecule has 0 heterocycles. The van der Waals surface area contributed by atoms with E-state index in [9.17, 15) is 4.79 Å². The van der Waals surface area contributed by atoms with E-state index in [1.54, 1.807) is 6.08 Å². The summed E-state index contributed by atoms with van der Waals surface area (Å²) >= 11 is 0. The summed E-state index contributed by atoms with van der Waals surface area (Å²) in [6.45, 7) is 1.89. The van der Waals surface area contributed by atoms with Crippen LogP contribution in [0.5, 0.6) is 0 Å². The molecule has 1 fully saturated rings. The predicted molar refractivity (Wildman–Crippen MR) is 39.9 cm³/mol. The monoisotopic (exact) mass is 122 g/mol. The quantitative estimate of drug-likeness (QED) is 0.402. The summed E-state index contributed by atoms with van der Waals surface area (Å²) in [5.74, 6) is 0.737. The first kappa shape index (κ1) is 6.59. The molecule has 0 bridgehead atoms. The van der Waals surface area contributed by atoms with Gasteiger partial charge in [0.05, 0.1) is 0 Å². The molecule has 0 amide bonds. The topological polar surface area (TPSA) is 17.1 Å². The number of rotatable bonds is 3. The Balaban J connectivity index is 2.20. The van der Waals surface area contributed by atoms with E-state index in [2.05, 4.69) is 0 Å². The van der Waals surface area contributed by atoms with E-state index in [-0.39, 0.29) is 5.68 Å². The largest absolute Gasteiger partial charge is 0.307 e. The summed E-state index contributed by atoms with van der Waals surface area (Å²) in [5.41, 5.74) is 0.252. The molecule has 1 saturated carbocycles. The lowest BCUT2D eigenvalue weighted by atomic mass is 9.76. The van der Waals surface area contributed by atoms with Gasteiger partial charge in [0.15, 0.2) is 0 Å². The zero-order chi connectivity index (χ0) is 6.69. The van der Waals surface area contributed by atoms with Crippen LogP contribution < -0.4 is 0 Å². The summed E-state index contributed by atoms with van der Waals surface area (Å²) in [6.07, 6.45) is 6.32. The predicted octanol–water partition coefficient (Wildman–Crippen LogP) is 0.964. The number of allylic oxidation sites excluding steroid dienone is 2. The van der Waals surface area contributed by atoms with Gasteiger partial charge in [-0.3, -0.25) is 0 Å². The van der Waals surface area contributed by atoms with Gasteiger partial charge in [-0.25, -0.2) is 0 Å². The van der Waals surface area contributed by atoms with Gasteiger partial charge in [0.2, 0.25) is 7.28 Å². The lowest BCUT2D eigenvalue weighted by molar-refractivity contribution is -0.108. The highest BCUT2D eigenvalue weighted by Gasteiger charge is 2.17. The fraction of sp³-hybridized carbons (Fsp3) is 0.571. The maximum atomic E-state index is 10.7. The molecule has 0 aliphatic heterocycles. The van der Waals surface area contributed by atoms with Crippen LogP contribution in [0.25, 0.3) is 0 Å². The van der Waals surface area contributed by atoms with Crippen LogP contribution in [0.3, 0.4) is 0 Å². The molecule has 0 radical (unpaired) electrons. The molecule has 0 aromatic carbocycles. The Bertz CT molecular complexity index is 136. The van der Waals surface area contributed by atoms with Gasteiger partial charge in [0.25, 0.3) is 0 Å². The van der Waals surface area contributed by atoms with Crippen molar-refractivity contribution in [2.45, 2.75) is 19.7 Å². The Kier molecular flexibility index (Phi) is 2.09. The summed E-state index contributed by atoms with van der Waals surface area (Å²) in [5, 5.41) is 0. The molecule has 1 nitrogen and oxygen atoms in total. The van der Waals surface area contributed by atoms with Crippen LogP contribution in [-0.2, 0) is 4.79 Å². The Morgan fingerprint density at radius 1 is 1.67 bits per heavy atom. The molecule has 0 unspecified atom stereocenters. The molecule has 48 valence electrons. The highest BCUT2D eigenvalue weighted by molar-refractivity contribution is 6.75. The molecule has 0 aromatic rings. The van der Waals surface area contributed by atoms with Crippen molar-refractivity contribution in [1.82, 2.24) is 0 Å². The third-order valence-corrected chi connectivity index (χ3v) is 1.52. The van der Waals surface area contributed by atoms with E-state index in [4.69, 9.17) is 0 Å². The van der Waals surface area contributed by atoms with Gasteiger partial charge >= 0.3 is 0 Å². The summed E-state index contributed by atoms with van der Waals surface area (Å²) < 4.78 is 0. The van der Waals surface area contributed by atoms with Gasteiger partial charge in [-0.2, -0.15) is 0 Å². The normalized spacial score (nSPS) is 18.3. The molecule has 9 heavy (non-hydrogen) atoms. The van der Waals surface area contributed by atoms with Gasteiger partial charge in [-0.15, -0.1) is 0 Å². The minimum atomic E-state index is 0.252. The lowest BCUT2D eigenvalue weighted by Crippen LogP contribution is -1.98. The summed E-state index contributed by atoms with van der Waals surface area (Å²) in [4.78, 5) is 10.7. The van der Waals surface area contributed by atoms with Gasteiger partial charge in [-0.05, 0) is 24.8 Å². The van der Waals surface area contributed by atoms with Crippen LogP contribution in [0.1, 0.15) is 12.8 Å². The smallest absolute Gasteiger partial charge is 0.207 e. The van der Waals surface area contributed by atoms with E-state index in [1.807, 2.05) is 12.9 Å². The van der Waals surface area contributed by atoms with Crippen molar-refractivity contribution in [2.24, 2.45) is 5.92 Å². The Morgan fingerprint density at radius 3 is 2.78 bits per heavy atom. The molecule has 1 aliphatic carbocycles. The van der Waals surface area contributed by atoms with Crippen LogP contribution in [0, 0.1) is 5.92 Å². The zero-order valence-electron chi connectivity index (χ0n) is 5.76. The Morgan fingerprint density at radius 2 is 2.33 bits per heavy atom. The van der Waals surface area contributed by atoms with Crippen molar-refractivity contribution in [3.8, 4) is 0 Å². The van der Waals surface area contributed by atoms with E-state index >= 15 is 0 Å². The molecule has 2 heteroatoms. The molecular weight excluding hydrogens is 111 g/mol. The van der Waals surface area contributed by atoms with Crippen LogP contribution in [0.15, 0.2) is 12.2 Å². The van der Waals surface area contributed by atoms with Gasteiger partial charge in [0.1, 0.15) is 5.68 Å². The third-order valence-electron chi connectivity index (χ3n) is 1.52. The molecule has 0 aromatic heterocycles. The van der Waals surface area contributed by atoms with Crippen molar-refractivity contribution >= 4 is 13.0 Å². The lowest BCUT2D eigenvalue weighted by Gasteiger charge is -1.80. The standard InChI is InChI=1S/C7H11BO/c1-8-7(9)5-4-6-2-3-6/h4-6,8H,2-3H2,1H3/b5-4+. The third kappa shape index (κ3) is 2.50. The maximum absolute atomic E-state index is 10.7. The first-order valence-electron chi connectivity index (χ1n) is 3.54. The van der Waals surface area contributed by atoms with Crippen molar-refractivity contribution in [3.05, 3.63) is 12.2 Å². The van der Waals surface area contributed by atoms with Crippen molar-refractivity contribution in [1.29, 1.82) is 0 Å². The maximum Gasteiger partial charge on any atom is 0.207 e. The van der Waals surface area contributed by atoms with Crippen LogP contribution in [0.4, 0.5) is 0 Å². The second-order valence-electron chi connectivity index (χ2n) is 2.52. The summed E-state index contributed by atoms with van der Waals surface area (Å²) in [6, 6.07) is 0. The van der Waals surface area contributed by atoms with E-state index < -0.39 is 0 Å². The molecule has 0 spiro atoms. The van der Waals surface area contributed by atoms with Crippen LogP contribution in [-0.4, -0.2) is 13.0 Å². The van der Waals surface area contributed by atoms with Crippen molar-refractivity contribution in [3.63, 3.8) is 0 Å².